The molecule has 0 radical (unpaired) electrons. The van der Waals surface area contributed by atoms with Crippen LogP contribution < -0.4 is 5.73 Å². The van der Waals surface area contributed by atoms with Crippen molar-refractivity contribution in [3.8, 4) is 0 Å². The first-order chi connectivity index (χ1) is 7.12. The van der Waals surface area contributed by atoms with Gasteiger partial charge in [0.05, 0.1) is 11.5 Å². The Kier molecular flexibility index (Phi) is 3.56. The molecule has 1 fully saturated rings. The van der Waals surface area contributed by atoms with Crippen LogP contribution in [-0.4, -0.2) is 43.4 Å². The van der Waals surface area contributed by atoms with Gasteiger partial charge in [0.2, 0.25) is 0 Å². The van der Waals surface area contributed by atoms with Crippen molar-refractivity contribution < 1.29 is 26.7 Å². The van der Waals surface area contributed by atoms with Crippen molar-refractivity contribution in [1.82, 2.24) is 0 Å². The van der Waals surface area contributed by atoms with Crippen molar-refractivity contribution in [3.05, 3.63) is 0 Å². The number of hydrogen-bond acceptors (Lipinski definition) is 4. The normalized spacial score (nSPS) is 26.3. The third-order valence-corrected chi connectivity index (χ3v) is 4.75. The van der Waals surface area contributed by atoms with Gasteiger partial charge in [-0.3, -0.25) is 0 Å². The number of halogens is 3. The summed E-state index contributed by atoms with van der Waals surface area (Å²) in [5, 5.41) is 9.51. The molecule has 0 bridgehead atoms. The SMILES string of the molecule is NCC(O)(C1CCS(=O)(=O)CC1)C(F)(F)F. The van der Waals surface area contributed by atoms with Crippen LogP contribution in [0.25, 0.3) is 0 Å². The van der Waals surface area contributed by atoms with Crippen LogP contribution in [0.2, 0.25) is 0 Å². The Labute approximate surface area is 91.5 Å². The second-order valence-corrected chi connectivity index (χ2v) is 6.36. The summed E-state index contributed by atoms with van der Waals surface area (Å²) in [7, 11) is -3.25. The van der Waals surface area contributed by atoms with E-state index in [0.717, 1.165) is 0 Å². The molecule has 8 heteroatoms. The zero-order chi connectivity index (χ0) is 12.6. The van der Waals surface area contributed by atoms with Gasteiger partial charge in [0.15, 0.2) is 5.60 Å². The Bertz CT molecular complexity index is 340. The van der Waals surface area contributed by atoms with E-state index in [2.05, 4.69) is 0 Å². The Balaban J connectivity index is 2.85. The van der Waals surface area contributed by atoms with E-state index in [9.17, 15) is 26.7 Å². The van der Waals surface area contributed by atoms with Crippen LogP contribution in [0.5, 0.6) is 0 Å². The Morgan fingerprint density at radius 2 is 1.69 bits per heavy atom. The van der Waals surface area contributed by atoms with Crippen LogP contribution in [0.3, 0.4) is 0 Å². The van der Waals surface area contributed by atoms with Gasteiger partial charge < -0.3 is 10.8 Å². The third-order valence-electron chi connectivity index (χ3n) is 3.03. The van der Waals surface area contributed by atoms with Gasteiger partial charge in [-0.15, -0.1) is 0 Å². The van der Waals surface area contributed by atoms with E-state index < -0.39 is 34.1 Å². The molecular weight excluding hydrogens is 247 g/mol. The third kappa shape index (κ3) is 2.49. The minimum absolute atomic E-state index is 0.199. The molecule has 0 aromatic heterocycles. The van der Waals surface area contributed by atoms with Crippen molar-refractivity contribution >= 4 is 9.84 Å². The molecule has 1 atom stereocenters. The Hall–Kier alpha value is -0.340. The summed E-state index contributed by atoms with van der Waals surface area (Å²) in [4.78, 5) is 0. The van der Waals surface area contributed by atoms with Gasteiger partial charge in [-0.05, 0) is 18.8 Å². The standard InChI is InChI=1S/C8H14F3NO3S/c9-8(10,11)7(13,5-12)6-1-3-16(14,15)4-2-6/h6,13H,1-5,12H2. The summed E-state index contributed by atoms with van der Waals surface area (Å²) in [6, 6.07) is 0. The molecule has 0 saturated carbocycles. The first-order valence-corrected chi connectivity index (χ1v) is 6.64. The highest BCUT2D eigenvalue weighted by Gasteiger charge is 2.57. The first-order valence-electron chi connectivity index (χ1n) is 4.82. The molecule has 3 N–H and O–H groups in total. The predicted molar refractivity (Wildman–Crippen MR) is 51.4 cm³/mol. The zero-order valence-electron chi connectivity index (χ0n) is 8.50. The molecule has 0 amide bonds. The number of hydrogen-bond donors (Lipinski definition) is 2. The van der Waals surface area contributed by atoms with Gasteiger partial charge in [-0.1, -0.05) is 0 Å². The maximum absolute atomic E-state index is 12.6. The molecule has 4 nitrogen and oxygen atoms in total. The number of sulfone groups is 1. The molecule has 1 aliphatic rings. The van der Waals surface area contributed by atoms with E-state index in [0.29, 0.717) is 0 Å². The summed E-state index contributed by atoms with van der Waals surface area (Å²) in [6.07, 6.45) is -5.22. The smallest absolute Gasteiger partial charge is 0.379 e. The Morgan fingerprint density at radius 1 is 1.25 bits per heavy atom. The highest BCUT2D eigenvalue weighted by molar-refractivity contribution is 7.91. The van der Waals surface area contributed by atoms with Crippen molar-refractivity contribution in [2.24, 2.45) is 11.7 Å². The summed E-state index contributed by atoms with van der Waals surface area (Å²) >= 11 is 0. The fourth-order valence-electron chi connectivity index (χ4n) is 1.88. The fourth-order valence-corrected chi connectivity index (χ4v) is 3.37. The second-order valence-electron chi connectivity index (χ2n) is 4.05. The van der Waals surface area contributed by atoms with Gasteiger partial charge in [-0.2, -0.15) is 13.2 Å². The molecule has 0 spiro atoms. The van der Waals surface area contributed by atoms with Crippen LogP contribution in [0.15, 0.2) is 0 Å². The van der Waals surface area contributed by atoms with Crippen LogP contribution in [0.4, 0.5) is 13.2 Å². The predicted octanol–water partition coefficient (Wildman–Crippen LogP) is 0.0633. The van der Waals surface area contributed by atoms with E-state index in [1.807, 2.05) is 0 Å². The van der Waals surface area contributed by atoms with Crippen LogP contribution in [-0.2, 0) is 9.84 Å². The number of alkyl halides is 3. The van der Waals surface area contributed by atoms with Crippen LogP contribution >= 0.6 is 0 Å². The van der Waals surface area contributed by atoms with E-state index >= 15 is 0 Å². The highest BCUT2D eigenvalue weighted by Crippen LogP contribution is 2.40. The molecule has 1 unspecified atom stereocenters. The van der Waals surface area contributed by atoms with Gasteiger partial charge >= 0.3 is 6.18 Å². The van der Waals surface area contributed by atoms with Crippen molar-refractivity contribution in [1.29, 1.82) is 0 Å². The molecule has 0 aliphatic carbocycles. The maximum atomic E-state index is 12.6. The molecular formula is C8H14F3NO3S. The summed E-state index contributed by atoms with van der Waals surface area (Å²) in [5.74, 6) is -1.78. The molecule has 16 heavy (non-hydrogen) atoms. The number of nitrogens with two attached hydrogens (primary N) is 1. The lowest BCUT2D eigenvalue weighted by molar-refractivity contribution is -0.276. The summed E-state index contributed by atoms with van der Waals surface area (Å²) in [5.41, 5.74) is 2.00. The molecule has 0 aromatic carbocycles. The largest absolute Gasteiger partial charge is 0.418 e. The van der Waals surface area contributed by atoms with Gasteiger partial charge in [0.1, 0.15) is 9.84 Å². The average Bonchev–Trinajstić information content (AvgIpc) is 2.14. The minimum atomic E-state index is -4.83. The van der Waals surface area contributed by atoms with E-state index in [1.54, 1.807) is 0 Å². The van der Waals surface area contributed by atoms with E-state index in [1.165, 1.54) is 0 Å². The van der Waals surface area contributed by atoms with Gasteiger partial charge in [0, 0.05) is 6.54 Å². The zero-order valence-corrected chi connectivity index (χ0v) is 9.31. The lowest BCUT2D eigenvalue weighted by atomic mass is 9.82. The molecule has 1 saturated heterocycles. The lowest BCUT2D eigenvalue weighted by Crippen LogP contribution is -2.58. The molecule has 0 aromatic rings. The number of rotatable bonds is 2. The minimum Gasteiger partial charge on any atom is -0.379 e. The fraction of sp³-hybridized carbons (Fsp3) is 1.00. The summed E-state index contributed by atoms with van der Waals surface area (Å²) < 4.78 is 59.9. The monoisotopic (exact) mass is 261 g/mol. The van der Waals surface area contributed by atoms with Crippen molar-refractivity contribution in [2.45, 2.75) is 24.6 Å². The first kappa shape index (κ1) is 13.7. The Morgan fingerprint density at radius 3 is 2.00 bits per heavy atom. The highest BCUT2D eigenvalue weighted by atomic mass is 32.2. The second kappa shape index (κ2) is 4.15. The van der Waals surface area contributed by atoms with E-state index in [-0.39, 0.29) is 24.3 Å². The van der Waals surface area contributed by atoms with Crippen LogP contribution in [0.1, 0.15) is 12.8 Å². The molecule has 1 aliphatic heterocycles. The topological polar surface area (TPSA) is 80.4 Å². The lowest BCUT2D eigenvalue weighted by Gasteiger charge is -2.38. The van der Waals surface area contributed by atoms with Crippen molar-refractivity contribution in [3.63, 3.8) is 0 Å². The molecule has 1 heterocycles. The summed E-state index contributed by atoms with van der Waals surface area (Å²) in [6.45, 7) is -0.943. The van der Waals surface area contributed by atoms with E-state index in [4.69, 9.17) is 5.73 Å². The average molecular weight is 261 g/mol. The molecule has 96 valence electrons. The number of aliphatic hydroxyl groups is 1. The maximum Gasteiger partial charge on any atom is 0.418 e. The van der Waals surface area contributed by atoms with Crippen LogP contribution in [0, 0.1) is 5.92 Å². The van der Waals surface area contributed by atoms with Crippen molar-refractivity contribution in [2.75, 3.05) is 18.1 Å². The van der Waals surface area contributed by atoms with Gasteiger partial charge in [-0.25, -0.2) is 8.42 Å². The van der Waals surface area contributed by atoms with Gasteiger partial charge in [0.25, 0.3) is 0 Å². The quantitative estimate of drug-likeness (QED) is 0.736. The molecule has 1 rings (SSSR count).